The monoisotopic (exact) mass is 315 g/mol. The third-order valence-corrected chi connectivity index (χ3v) is 3.33. The molecule has 0 amide bonds. The summed E-state index contributed by atoms with van der Waals surface area (Å²) in [4.78, 5) is 36.1. The number of ether oxygens (including phenoxy) is 1. The molecule has 0 aliphatic carbocycles. The van der Waals surface area contributed by atoms with Crippen molar-refractivity contribution in [2.75, 3.05) is 13.2 Å². The van der Waals surface area contributed by atoms with Crippen LogP contribution in [0.3, 0.4) is 0 Å². The van der Waals surface area contributed by atoms with E-state index in [1.54, 1.807) is 0 Å². The molecular weight excluding hydrogens is 298 g/mol. The fourth-order valence-electron chi connectivity index (χ4n) is 2.22. The number of hydrogen-bond donors (Lipinski definition) is 5. The number of carbonyl (C=O) groups is 1. The predicted octanol–water partition coefficient (Wildman–Crippen LogP) is -2.65. The van der Waals surface area contributed by atoms with Crippen molar-refractivity contribution < 1.29 is 24.9 Å². The van der Waals surface area contributed by atoms with E-state index in [0.29, 0.717) is 0 Å². The average molecular weight is 315 g/mol. The van der Waals surface area contributed by atoms with Gasteiger partial charge in [0, 0.05) is 24.7 Å². The number of aliphatic hydroxyl groups excluding tert-OH is 2. The second-order valence-electron chi connectivity index (χ2n) is 4.93. The molecule has 0 spiro atoms. The molecule has 122 valence electrons. The number of carboxylic acids is 1. The summed E-state index contributed by atoms with van der Waals surface area (Å²) >= 11 is 0. The number of nitrogens with one attached hydrogen (secondary N) is 2. The van der Waals surface area contributed by atoms with Crippen LogP contribution < -0.4 is 16.6 Å². The van der Waals surface area contributed by atoms with E-state index < -0.39 is 35.7 Å². The summed E-state index contributed by atoms with van der Waals surface area (Å²) in [6.07, 6.45) is -1.17. The molecule has 1 aromatic heterocycles. The highest BCUT2D eigenvalue weighted by atomic mass is 16.5. The lowest BCUT2D eigenvalue weighted by Gasteiger charge is -2.15. The molecule has 22 heavy (non-hydrogen) atoms. The van der Waals surface area contributed by atoms with Gasteiger partial charge >= 0.3 is 11.7 Å². The second kappa shape index (κ2) is 6.83. The summed E-state index contributed by atoms with van der Waals surface area (Å²) in [6, 6.07) is 0. The van der Waals surface area contributed by atoms with Gasteiger partial charge in [0.15, 0.2) is 0 Å². The van der Waals surface area contributed by atoms with E-state index in [-0.39, 0.29) is 31.7 Å². The molecular formula is C12H17N3O7. The average Bonchev–Trinajstić information content (AvgIpc) is 2.81. The van der Waals surface area contributed by atoms with Gasteiger partial charge in [0.1, 0.15) is 12.3 Å². The van der Waals surface area contributed by atoms with E-state index in [1.807, 2.05) is 0 Å². The van der Waals surface area contributed by atoms with Crippen LogP contribution in [0.5, 0.6) is 0 Å². The highest BCUT2D eigenvalue weighted by Gasteiger charge is 2.35. The molecule has 2 rings (SSSR count). The Morgan fingerprint density at radius 3 is 2.82 bits per heavy atom. The number of aromatic nitrogens is 2. The van der Waals surface area contributed by atoms with Crippen LogP contribution in [0.4, 0.5) is 0 Å². The topological polar surface area (TPSA) is 154 Å². The van der Waals surface area contributed by atoms with Gasteiger partial charge in [-0.2, -0.15) is 0 Å². The molecule has 0 aromatic carbocycles. The van der Waals surface area contributed by atoms with Gasteiger partial charge in [-0.25, -0.2) is 4.79 Å². The maximum absolute atomic E-state index is 11.8. The van der Waals surface area contributed by atoms with Crippen molar-refractivity contribution in [2.45, 2.75) is 31.4 Å². The first-order valence-corrected chi connectivity index (χ1v) is 6.63. The summed E-state index contributed by atoms with van der Waals surface area (Å²) < 4.78 is 6.46. The Bertz CT molecular complexity index is 653. The molecule has 1 fully saturated rings. The Balaban J connectivity index is 2.20. The van der Waals surface area contributed by atoms with E-state index >= 15 is 0 Å². The van der Waals surface area contributed by atoms with Crippen molar-refractivity contribution in [2.24, 2.45) is 0 Å². The van der Waals surface area contributed by atoms with Gasteiger partial charge in [0.05, 0.1) is 19.3 Å². The maximum Gasteiger partial charge on any atom is 0.330 e. The Labute approximate surface area is 124 Å². The number of nitrogens with zero attached hydrogens (tertiary/aromatic N) is 1. The first-order valence-electron chi connectivity index (χ1n) is 6.63. The van der Waals surface area contributed by atoms with Gasteiger partial charge in [-0.05, 0) is 0 Å². The molecule has 1 saturated heterocycles. The lowest BCUT2D eigenvalue weighted by molar-refractivity contribution is -0.136. The van der Waals surface area contributed by atoms with Crippen LogP contribution in [-0.2, 0) is 16.1 Å². The third-order valence-electron chi connectivity index (χ3n) is 3.33. The van der Waals surface area contributed by atoms with E-state index in [2.05, 4.69) is 10.3 Å². The Morgan fingerprint density at radius 2 is 2.23 bits per heavy atom. The fraction of sp³-hybridized carbons (Fsp3) is 0.583. The van der Waals surface area contributed by atoms with E-state index in [9.17, 15) is 19.5 Å². The molecule has 10 heteroatoms. The van der Waals surface area contributed by atoms with Gasteiger partial charge in [0.2, 0.25) is 0 Å². The van der Waals surface area contributed by atoms with E-state index in [1.165, 1.54) is 6.20 Å². The summed E-state index contributed by atoms with van der Waals surface area (Å²) in [5, 5.41) is 29.8. The van der Waals surface area contributed by atoms with Gasteiger partial charge in [-0.15, -0.1) is 0 Å². The molecule has 2 heterocycles. The summed E-state index contributed by atoms with van der Waals surface area (Å²) in [6.45, 7) is -0.757. The summed E-state index contributed by atoms with van der Waals surface area (Å²) in [7, 11) is 0. The zero-order valence-electron chi connectivity index (χ0n) is 11.6. The lowest BCUT2D eigenvalue weighted by atomic mass is 10.2. The summed E-state index contributed by atoms with van der Waals surface area (Å²) in [5.74, 6) is -1.07. The molecule has 1 aromatic rings. The SMILES string of the molecule is O=C(O)CNCc1cn([C@H]2C[C@H](O)[C@@H](CO)O2)c(=O)[nH]c1=O. The Hall–Kier alpha value is -2.01. The van der Waals surface area contributed by atoms with Crippen molar-refractivity contribution in [3.8, 4) is 0 Å². The van der Waals surface area contributed by atoms with Crippen LogP contribution in [0, 0.1) is 0 Å². The minimum absolute atomic E-state index is 0.0411. The number of carboxylic acid groups (broad SMARTS) is 1. The standard InChI is InChI=1S/C12H17N3O7/c16-5-8-7(17)1-9(22-8)15-4-6(2-13-3-10(18)19)11(20)14-12(15)21/h4,7-9,13,16-17H,1-3,5H2,(H,18,19)(H,14,20,21)/t7-,8+,9+/m0/s1. The maximum atomic E-state index is 11.8. The molecule has 1 aliphatic rings. The van der Waals surface area contributed by atoms with Crippen molar-refractivity contribution in [3.05, 3.63) is 32.6 Å². The zero-order valence-corrected chi connectivity index (χ0v) is 11.6. The first-order chi connectivity index (χ1) is 10.4. The van der Waals surface area contributed by atoms with E-state index in [4.69, 9.17) is 14.9 Å². The van der Waals surface area contributed by atoms with Gasteiger partial charge in [-0.3, -0.25) is 19.1 Å². The largest absolute Gasteiger partial charge is 0.480 e. The van der Waals surface area contributed by atoms with Crippen LogP contribution in [0.25, 0.3) is 0 Å². The van der Waals surface area contributed by atoms with Crippen LogP contribution >= 0.6 is 0 Å². The van der Waals surface area contributed by atoms with Gasteiger partial charge in [-0.1, -0.05) is 0 Å². The Morgan fingerprint density at radius 1 is 1.50 bits per heavy atom. The number of hydrogen-bond acceptors (Lipinski definition) is 7. The third kappa shape index (κ3) is 3.60. The van der Waals surface area contributed by atoms with Gasteiger partial charge in [0.25, 0.3) is 5.56 Å². The smallest absolute Gasteiger partial charge is 0.330 e. The van der Waals surface area contributed by atoms with Crippen LogP contribution in [0.1, 0.15) is 18.2 Å². The second-order valence-corrected chi connectivity index (χ2v) is 4.93. The summed E-state index contributed by atoms with van der Waals surface area (Å²) in [5.41, 5.74) is -1.18. The molecule has 0 saturated carbocycles. The van der Waals surface area contributed by atoms with Crippen molar-refractivity contribution in [1.82, 2.24) is 14.9 Å². The molecule has 10 nitrogen and oxygen atoms in total. The normalized spacial score (nSPS) is 24.5. The van der Waals surface area contributed by atoms with Crippen molar-refractivity contribution in [3.63, 3.8) is 0 Å². The zero-order chi connectivity index (χ0) is 16.3. The lowest BCUT2D eigenvalue weighted by Crippen LogP contribution is -2.36. The molecule has 0 unspecified atom stereocenters. The molecule has 5 N–H and O–H groups in total. The molecule has 0 radical (unpaired) electrons. The predicted molar refractivity (Wildman–Crippen MR) is 72.3 cm³/mol. The first kappa shape index (κ1) is 16.4. The minimum Gasteiger partial charge on any atom is -0.480 e. The van der Waals surface area contributed by atoms with Crippen molar-refractivity contribution in [1.29, 1.82) is 0 Å². The van der Waals surface area contributed by atoms with Crippen LogP contribution in [-0.4, -0.2) is 56.2 Å². The van der Waals surface area contributed by atoms with Crippen molar-refractivity contribution >= 4 is 5.97 Å². The van der Waals surface area contributed by atoms with Gasteiger partial charge < -0.3 is 25.4 Å². The highest BCUT2D eigenvalue weighted by molar-refractivity contribution is 5.68. The fourth-order valence-corrected chi connectivity index (χ4v) is 2.22. The molecule has 3 atom stereocenters. The quantitative estimate of drug-likeness (QED) is 0.381. The van der Waals surface area contributed by atoms with Crippen LogP contribution in [0.15, 0.2) is 15.8 Å². The number of aliphatic hydroxyl groups is 2. The molecule has 0 bridgehead atoms. The number of aromatic amines is 1. The van der Waals surface area contributed by atoms with E-state index in [0.717, 1.165) is 4.57 Å². The van der Waals surface area contributed by atoms with Crippen LogP contribution in [0.2, 0.25) is 0 Å². The Kier molecular flexibility index (Phi) is 5.08. The molecule has 1 aliphatic heterocycles. The number of rotatable bonds is 6. The highest BCUT2D eigenvalue weighted by Crippen LogP contribution is 2.27. The minimum atomic E-state index is -1.07. The number of H-pyrrole nitrogens is 1. The number of aliphatic carboxylic acids is 1.